The zero-order valence-electron chi connectivity index (χ0n) is 8.69. The van der Waals surface area contributed by atoms with Crippen LogP contribution >= 0.6 is 15.9 Å². The molecule has 0 amide bonds. The van der Waals surface area contributed by atoms with Crippen molar-refractivity contribution < 1.29 is 24.2 Å². The zero-order valence-corrected chi connectivity index (χ0v) is 10.3. The molecule has 0 radical (unpaired) electrons. The van der Waals surface area contributed by atoms with Gasteiger partial charge in [0.2, 0.25) is 0 Å². The molecule has 1 unspecified atom stereocenters. The van der Waals surface area contributed by atoms with E-state index in [1.54, 1.807) is 0 Å². The van der Waals surface area contributed by atoms with Gasteiger partial charge in [0.05, 0.1) is 0 Å². The Morgan fingerprint density at radius 2 is 2.06 bits per heavy atom. The van der Waals surface area contributed by atoms with Crippen LogP contribution in [0.2, 0.25) is 0 Å². The maximum Gasteiger partial charge on any atom is 0.337 e. The molecule has 92 valence electrons. The molecule has 0 bridgehead atoms. The van der Waals surface area contributed by atoms with Gasteiger partial charge in [-0.25, -0.2) is 9.18 Å². The van der Waals surface area contributed by atoms with E-state index < -0.39 is 29.2 Å². The quantitative estimate of drug-likeness (QED) is 0.644. The lowest BCUT2D eigenvalue weighted by atomic mass is 9.97. The number of carbonyl (C=O) groups is 2. The summed E-state index contributed by atoms with van der Waals surface area (Å²) in [6.07, 6.45) is -1.94. The molecule has 0 aliphatic heterocycles. The van der Waals surface area contributed by atoms with Gasteiger partial charge in [-0.3, -0.25) is 4.79 Å². The summed E-state index contributed by atoms with van der Waals surface area (Å²) in [6, 6.07) is 3.61. The highest BCUT2D eigenvalue weighted by molar-refractivity contribution is 9.09. The van der Waals surface area contributed by atoms with Crippen molar-refractivity contribution in [2.24, 2.45) is 0 Å². The number of carboxylic acids is 1. The number of ketones is 1. The molecule has 0 saturated carbocycles. The highest BCUT2D eigenvalue weighted by Gasteiger charge is 2.25. The van der Waals surface area contributed by atoms with E-state index in [9.17, 15) is 19.1 Å². The fourth-order valence-electron chi connectivity index (χ4n) is 1.40. The van der Waals surface area contributed by atoms with Crippen molar-refractivity contribution in [3.63, 3.8) is 0 Å². The molecule has 0 saturated heterocycles. The summed E-state index contributed by atoms with van der Waals surface area (Å²) in [4.78, 5) is 22.3. The van der Waals surface area contributed by atoms with Crippen LogP contribution in [0.4, 0.5) is 4.39 Å². The minimum Gasteiger partial charge on any atom is -0.479 e. The topological polar surface area (TPSA) is 74.6 Å². The molecule has 2 N–H and O–H groups in total. The van der Waals surface area contributed by atoms with Crippen molar-refractivity contribution in [2.75, 3.05) is 5.33 Å². The van der Waals surface area contributed by atoms with Crippen molar-refractivity contribution in [1.29, 1.82) is 0 Å². The molecule has 0 fully saturated rings. The van der Waals surface area contributed by atoms with E-state index in [4.69, 9.17) is 5.11 Å². The van der Waals surface area contributed by atoms with Gasteiger partial charge >= 0.3 is 5.97 Å². The third-order valence-electron chi connectivity index (χ3n) is 2.18. The van der Waals surface area contributed by atoms with Crippen LogP contribution in [0.15, 0.2) is 18.2 Å². The van der Waals surface area contributed by atoms with E-state index in [0.29, 0.717) is 5.33 Å². The third-order valence-corrected chi connectivity index (χ3v) is 2.58. The molecule has 0 aromatic heterocycles. The van der Waals surface area contributed by atoms with E-state index in [2.05, 4.69) is 15.9 Å². The van der Waals surface area contributed by atoms with Crippen LogP contribution in [-0.4, -0.2) is 27.3 Å². The molecular weight excluding hydrogens is 295 g/mol. The molecule has 0 aliphatic carbocycles. The normalized spacial score (nSPS) is 12.2. The van der Waals surface area contributed by atoms with Crippen LogP contribution in [0, 0.1) is 5.82 Å². The summed E-state index contributed by atoms with van der Waals surface area (Å²) in [5.41, 5.74) is -0.578. The number of benzene rings is 1. The Bertz CT molecular complexity index is 447. The van der Waals surface area contributed by atoms with E-state index in [1.165, 1.54) is 12.1 Å². The first-order valence-corrected chi connectivity index (χ1v) is 5.89. The lowest BCUT2D eigenvalue weighted by molar-refractivity contribution is -0.147. The number of carboxylic acid groups (broad SMARTS) is 1. The van der Waals surface area contributed by atoms with Crippen LogP contribution in [0.3, 0.4) is 0 Å². The molecule has 1 rings (SSSR count). The number of aliphatic carboxylic acids is 1. The lowest BCUT2D eigenvalue weighted by Crippen LogP contribution is -2.17. The standard InChI is InChI=1S/C11H10BrFO4/c12-5-4-8(14)6-2-1-3-7(13)9(6)10(15)11(16)17/h1-3,10,15H,4-5H2,(H,16,17). The van der Waals surface area contributed by atoms with Crippen LogP contribution in [0.1, 0.15) is 28.4 Å². The van der Waals surface area contributed by atoms with E-state index in [-0.39, 0.29) is 12.0 Å². The van der Waals surface area contributed by atoms with E-state index in [0.717, 1.165) is 6.07 Å². The number of alkyl halides is 1. The number of halogens is 2. The first-order valence-electron chi connectivity index (χ1n) is 4.77. The van der Waals surface area contributed by atoms with Gasteiger partial charge in [-0.1, -0.05) is 28.1 Å². The van der Waals surface area contributed by atoms with Crippen molar-refractivity contribution in [2.45, 2.75) is 12.5 Å². The molecule has 1 atom stereocenters. The van der Waals surface area contributed by atoms with E-state index >= 15 is 0 Å². The Hall–Kier alpha value is -1.27. The monoisotopic (exact) mass is 304 g/mol. The highest BCUT2D eigenvalue weighted by atomic mass is 79.9. The Morgan fingerprint density at radius 3 is 2.59 bits per heavy atom. The average molecular weight is 305 g/mol. The van der Waals surface area contributed by atoms with Gasteiger partial charge in [-0.2, -0.15) is 0 Å². The highest BCUT2D eigenvalue weighted by Crippen LogP contribution is 2.23. The van der Waals surface area contributed by atoms with Crippen molar-refractivity contribution in [3.05, 3.63) is 35.1 Å². The molecule has 1 aromatic carbocycles. The molecule has 4 nitrogen and oxygen atoms in total. The van der Waals surface area contributed by atoms with Gasteiger partial charge < -0.3 is 10.2 Å². The maximum atomic E-state index is 13.5. The number of hydrogen-bond acceptors (Lipinski definition) is 3. The largest absolute Gasteiger partial charge is 0.479 e. The first-order chi connectivity index (χ1) is 7.99. The van der Waals surface area contributed by atoms with Crippen molar-refractivity contribution in [3.8, 4) is 0 Å². The second-order valence-electron chi connectivity index (χ2n) is 3.30. The summed E-state index contributed by atoms with van der Waals surface area (Å²) in [5, 5.41) is 18.4. The SMILES string of the molecule is O=C(CCBr)c1cccc(F)c1C(O)C(=O)O. The van der Waals surface area contributed by atoms with Crippen LogP contribution in [0.25, 0.3) is 0 Å². The summed E-state index contributed by atoms with van der Waals surface area (Å²) in [5.74, 6) is -2.92. The molecule has 1 aromatic rings. The van der Waals surface area contributed by atoms with Crippen molar-refractivity contribution >= 4 is 27.7 Å². The fraction of sp³-hybridized carbons (Fsp3) is 0.273. The second kappa shape index (κ2) is 5.88. The summed E-state index contributed by atoms with van der Waals surface area (Å²) in [6.45, 7) is 0. The first kappa shape index (κ1) is 13.8. The fourth-order valence-corrected chi connectivity index (χ4v) is 1.76. The van der Waals surface area contributed by atoms with Gasteiger partial charge in [0.15, 0.2) is 11.9 Å². The molecule has 0 spiro atoms. The Labute approximate surface area is 105 Å². The zero-order chi connectivity index (χ0) is 13.0. The maximum absolute atomic E-state index is 13.5. The Morgan fingerprint density at radius 1 is 1.41 bits per heavy atom. The number of aliphatic hydroxyl groups is 1. The minimum atomic E-state index is -2.04. The van der Waals surface area contributed by atoms with Crippen LogP contribution in [-0.2, 0) is 4.79 Å². The predicted molar refractivity (Wildman–Crippen MR) is 61.7 cm³/mol. The number of carbonyl (C=O) groups excluding carboxylic acids is 1. The summed E-state index contributed by atoms with van der Waals surface area (Å²) >= 11 is 3.06. The average Bonchev–Trinajstić information content (AvgIpc) is 2.28. The lowest BCUT2D eigenvalue weighted by Gasteiger charge is -2.12. The number of rotatable bonds is 5. The summed E-state index contributed by atoms with van der Waals surface area (Å²) in [7, 11) is 0. The number of aliphatic hydroxyl groups excluding tert-OH is 1. The molecule has 6 heteroatoms. The molecule has 17 heavy (non-hydrogen) atoms. The summed E-state index contributed by atoms with van der Waals surface area (Å²) < 4.78 is 13.5. The molecular formula is C11H10BrFO4. The molecule has 0 aliphatic rings. The van der Waals surface area contributed by atoms with E-state index in [1.807, 2.05) is 0 Å². The number of Topliss-reactive ketones (excluding diaryl/α,β-unsaturated/α-hetero) is 1. The Kier molecular flexibility index (Phi) is 4.77. The predicted octanol–water partition coefficient (Wildman–Crippen LogP) is 1.91. The smallest absolute Gasteiger partial charge is 0.337 e. The van der Waals surface area contributed by atoms with Crippen molar-refractivity contribution in [1.82, 2.24) is 0 Å². The third kappa shape index (κ3) is 3.10. The van der Waals surface area contributed by atoms with Gasteiger partial charge in [0, 0.05) is 22.9 Å². The molecule has 0 heterocycles. The van der Waals surface area contributed by atoms with Gasteiger partial charge in [0.1, 0.15) is 5.82 Å². The van der Waals surface area contributed by atoms with Gasteiger partial charge in [-0.15, -0.1) is 0 Å². The second-order valence-corrected chi connectivity index (χ2v) is 4.10. The van der Waals surface area contributed by atoms with Gasteiger partial charge in [-0.05, 0) is 6.07 Å². The minimum absolute atomic E-state index is 0.0978. The Balaban J connectivity index is 3.26. The van der Waals surface area contributed by atoms with Gasteiger partial charge in [0.25, 0.3) is 0 Å². The number of hydrogen-bond donors (Lipinski definition) is 2. The van der Waals surface area contributed by atoms with Crippen LogP contribution < -0.4 is 0 Å². The van der Waals surface area contributed by atoms with Crippen LogP contribution in [0.5, 0.6) is 0 Å².